The van der Waals surface area contributed by atoms with Crippen molar-refractivity contribution in [2.75, 3.05) is 0 Å². The van der Waals surface area contributed by atoms with Crippen LogP contribution in [0.4, 0.5) is 0 Å². The second-order valence-corrected chi connectivity index (χ2v) is 15.0. The molecule has 3 nitrogen and oxygen atoms in total. The van der Waals surface area contributed by atoms with Crippen LogP contribution in [0.2, 0.25) is 0 Å². The Hall–Kier alpha value is -6.23. The number of thiophene rings is 1. The molecule has 0 saturated carbocycles. The second-order valence-electron chi connectivity index (χ2n) is 14.2. The van der Waals surface area contributed by atoms with Crippen LogP contribution in [-0.4, -0.2) is 14.5 Å². The van der Waals surface area contributed by atoms with Crippen molar-refractivity contribution in [3.63, 3.8) is 0 Å². The molecule has 1 radical (unpaired) electrons. The maximum atomic E-state index is 7.28. The molecule has 0 fully saturated rings. The average Bonchev–Trinajstić information content (AvgIpc) is 3.91. The van der Waals surface area contributed by atoms with Crippen LogP contribution >= 0.6 is 11.3 Å². The number of benzene rings is 7. The van der Waals surface area contributed by atoms with Crippen LogP contribution in [0.5, 0.6) is 0 Å². The molecule has 10 rings (SSSR count). The quantitative estimate of drug-likeness (QED) is 0.149. The second kappa shape index (κ2) is 17.7. The van der Waals surface area contributed by atoms with Crippen molar-refractivity contribution < 1.29 is 28.3 Å². The number of fused-ring (bicyclic) bond motifs is 2. The van der Waals surface area contributed by atoms with Gasteiger partial charge >= 0.3 is 0 Å². The molecule has 59 heavy (non-hydrogen) atoms. The largest absolute Gasteiger partial charge is 0.332 e. The number of nitrogens with zero attached hydrogens (tertiary/aromatic N) is 3. The zero-order chi connectivity index (χ0) is 44.4. The molecule has 0 N–H and O–H groups in total. The minimum absolute atomic E-state index is 0. The summed E-state index contributed by atoms with van der Waals surface area (Å²) in [7, 11) is 0. The number of hydrogen-bond acceptors (Lipinski definition) is 3. The smallest absolute Gasteiger partial charge is 0.0774 e. The van der Waals surface area contributed by atoms with Gasteiger partial charge in [0.25, 0.3) is 0 Å². The topological polar surface area (TPSA) is 30.7 Å². The summed E-state index contributed by atoms with van der Waals surface area (Å²) in [5.41, 5.74) is 14.3. The Bertz CT molecular complexity index is 3080. The van der Waals surface area contributed by atoms with E-state index in [9.17, 15) is 0 Å². The fraction of sp³-hybridized carbons (Fsp3) is 0.0741. The molecule has 0 amide bonds. The first-order valence-electron chi connectivity index (χ1n) is 22.1. The van der Waals surface area contributed by atoms with Gasteiger partial charge < -0.3 is 9.55 Å². The molecule has 0 saturated heterocycles. The first-order chi connectivity index (χ1) is 30.9. The van der Waals surface area contributed by atoms with Gasteiger partial charge in [0.15, 0.2) is 0 Å². The number of para-hydroxylation sites is 2. The van der Waals surface area contributed by atoms with Gasteiger partial charge in [-0.25, -0.2) is 0 Å². The van der Waals surface area contributed by atoms with Crippen molar-refractivity contribution in [3.05, 3.63) is 221 Å². The van der Waals surface area contributed by atoms with Crippen molar-refractivity contribution in [3.8, 4) is 50.6 Å². The Balaban J connectivity index is 0.000000232. The van der Waals surface area contributed by atoms with Gasteiger partial charge in [-0.1, -0.05) is 155 Å². The summed E-state index contributed by atoms with van der Waals surface area (Å²) in [5, 5.41) is 4.87. The Morgan fingerprint density at radius 2 is 1.31 bits per heavy atom. The third-order valence-electron chi connectivity index (χ3n) is 10.1. The van der Waals surface area contributed by atoms with Gasteiger partial charge in [-0.2, -0.15) is 0 Å². The van der Waals surface area contributed by atoms with E-state index in [1.807, 2.05) is 0 Å². The van der Waals surface area contributed by atoms with E-state index in [0.717, 1.165) is 34.5 Å². The van der Waals surface area contributed by atoms with Crippen LogP contribution in [0.25, 0.3) is 71.7 Å². The zero-order valence-electron chi connectivity index (χ0n) is 38.1. The summed E-state index contributed by atoms with van der Waals surface area (Å²) in [6, 6.07) is 62.5. The molecule has 0 aliphatic heterocycles. The Kier molecular flexibility index (Phi) is 9.82. The Labute approximate surface area is 372 Å². The summed E-state index contributed by atoms with van der Waals surface area (Å²) in [5.74, 6) is 0.910. The average molecular weight is 962 g/mol. The summed E-state index contributed by atoms with van der Waals surface area (Å²) in [4.78, 5) is 9.40. The molecule has 289 valence electrons. The number of aryl methyl sites for hydroxylation is 3. The molecule has 0 spiro atoms. The van der Waals surface area contributed by atoms with Crippen LogP contribution in [0, 0.1) is 32.1 Å². The van der Waals surface area contributed by atoms with Crippen molar-refractivity contribution in [1.82, 2.24) is 14.5 Å². The maximum Gasteiger partial charge on any atom is 0.0774 e. The van der Waals surface area contributed by atoms with E-state index < -0.39 is 13.7 Å². The van der Waals surface area contributed by atoms with Crippen molar-refractivity contribution in [1.29, 1.82) is 0 Å². The monoisotopic (exact) mass is 962 g/mol. The molecular weight excluding hydrogens is 915 g/mol. The van der Waals surface area contributed by atoms with E-state index in [4.69, 9.17) is 13.2 Å². The van der Waals surface area contributed by atoms with E-state index in [1.165, 1.54) is 73.4 Å². The fourth-order valence-corrected chi connectivity index (χ4v) is 8.20. The molecule has 0 bridgehead atoms. The van der Waals surface area contributed by atoms with Gasteiger partial charge in [0, 0.05) is 45.7 Å². The predicted octanol–water partition coefficient (Wildman–Crippen LogP) is 14.1. The normalized spacial score (nSPS) is 12.8. The number of pyridine rings is 1. The van der Waals surface area contributed by atoms with E-state index in [-0.39, 0.29) is 31.2 Å². The summed E-state index contributed by atoms with van der Waals surface area (Å²) >= 11 is 1.66. The first kappa shape index (κ1) is 32.7. The summed E-state index contributed by atoms with van der Waals surface area (Å²) < 4.78 is 47.2. The summed E-state index contributed by atoms with van der Waals surface area (Å²) in [6.07, 6.45) is 2.19. The van der Waals surface area contributed by atoms with Gasteiger partial charge in [0.1, 0.15) is 0 Å². The minimum Gasteiger partial charge on any atom is -0.332 e. The van der Waals surface area contributed by atoms with Gasteiger partial charge in [-0.05, 0) is 78.0 Å². The SMILES string of the molecule is Cc1cc(-c2ccccc2)c(-n2c(-c3[c-]sc4ccc(Cc5ccccc5)cc34)nc3ccccc32)c(-c2ccccc2)c1.[2H]C([2H])([2H])c1c[c-]c(-c2ccc(C([2H])([2H])[2H])cn2)cc1.[Ir]. The van der Waals surface area contributed by atoms with Crippen molar-refractivity contribution >= 4 is 32.5 Å². The van der Waals surface area contributed by atoms with Gasteiger partial charge in [0.2, 0.25) is 0 Å². The Morgan fingerprint density at radius 3 is 1.95 bits per heavy atom. The number of rotatable bonds is 7. The number of aromatic nitrogens is 3. The van der Waals surface area contributed by atoms with Gasteiger partial charge in [-0.3, -0.25) is 16.3 Å². The third kappa shape index (κ3) is 8.51. The zero-order valence-corrected chi connectivity index (χ0v) is 35.3. The molecule has 0 unspecified atom stereocenters. The predicted molar refractivity (Wildman–Crippen MR) is 244 cm³/mol. The standard InChI is InChI=1S/C41H29N2S.C13H12N.Ir/c1-28-23-33(31-15-7-3-8-16-31)40(34(24-28)32-17-9-4-10-18-32)43-38-20-12-11-19-37(38)42-41(43)36-27-44-39-22-21-30(26-35(36)39)25-29-13-5-2-6-14-29;1-10-3-6-12(7-4-10)13-8-5-11(2)9-14-13;/h2-24,26H,25H2,1H3;3-6,8-9H,1-2H3;/q2*-1;/i;1D3,2D3;. The molecule has 0 atom stereocenters. The fourth-order valence-electron chi connectivity index (χ4n) is 7.38. The van der Waals surface area contributed by atoms with E-state index in [2.05, 4.69) is 174 Å². The van der Waals surface area contributed by atoms with Crippen LogP contribution in [-0.2, 0) is 26.5 Å². The molecule has 0 aliphatic carbocycles. The molecule has 3 aromatic heterocycles. The van der Waals surface area contributed by atoms with Crippen LogP contribution in [0.1, 0.15) is 36.0 Å². The third-order valence-corrected chi connectivity index (χ3v) is 11.0. The maximum absolute atomic E-state index is 7.28. The van der Waals surface area contributed by atoms with E-state index in [1.54, 1.807) is 23.5 Å². The molecular formula is C54H41IrN3S-2. The van der Waals surface area contributed by atoms with Crippen molar-refractivity contribution in [2.24, 2.45) is 0 Å². The van der Waals surface area contributed by atoms with E-state index >= 15 is 0 Å². The van der Waals surface area contributed by atoms with Gasteiger partial charge in [0.05, 0.1) is 22.5 Å². The van der Waals surface area contributed by atoms with Crippen molar-refractivity contribution in [2.45, 2.75) is 27.0 Å². The number of imidazole rings is 1. The number of hydrogen-bond donors (Lipinski definition) is 0. The molecule has 5 heteroatoms. The molecule has 7 aromatic carbocycles. The Morgan fingerprint density at radius 1 is 0.644 bits per heavy atom. The van der Waals surface area contributed by atoms with Crippen LogP contribution < -0.4 is 0 Å². The summed E-state index contributed by atoms with van der Waals surface area (Å²) in [6.45, 7) is -2.15. The molecule has 3 heterocycles. The molecule has 10 aromatic rings. The minimum atomic E-state index is -2.18. The van der Waals surface area contributed by atoms with E-state index in [0.29, 0.717) is 11.3 Å². The van der Waals surface area contributed by atoms with Crippen LogP contribution in [0.3, 0.4) is 0 Å². The molecule has 0 aliphatic rings. The van der Waals surface area contributed by atoms with Gasteiger partial charge in [-0.15, -0.1) is 46.8 Å². The van der Waals surface area contributed by atoms with Crippen LogP contribution in [0.15, 0.2) is 182 Å². The first-order valence-corrected chi connectivity index (χ1v) is 19.9.